The molecule has 2 saturated heterocycles. The van der Waals surface area contributed by atoms with E-state index in [-0.39, 0.29) is 29.7 Å². The highest BCUT2D eigenvalue weighted by Crippen LogP contribution is 2.38. The van der Waals surface area contributed by atoms with Gasteiger partial charge < -0.3 is 15.1 Å². The number of carbonyl (C=O) groups is 2. The molecule has 2 aromatic rings. The highest BCUT2D eigenvalue weighted by Gasteiger charge is 2.45. The molecule has 0 unspecified atom stereocenters. The molecule has 8 nitrogen and oxygen atoms in total. The van der Waals surface area contributed by atoms with Gasteiger partial charge in [0.1, 0.15) is 5.82 Å². The number of fused-ring (bicyclic) bond motifs is 1. The summed E-state index contributed by atoms with van der Waals surface area (Å²) >= 11 is 1.69. The Hall–Kier alpha value is -2.52. The van der Waals surface area contributed by atoms with Crippen LogP contribution >= 0.6 is 11.3 Å². The average Bonchev–Trinajstić information content (AvgIpc) is 3.53. The summed E-state index contributed by atoms with van der Waals surface area (Å²) in [5.74, 6) is 1.08. The van der Waals surface area contributed by atoms with Gasteiger partial charge >= 0.3 is 0 Å². The van der Waals surface area contributed by atoms with E-state index in [2.05, 4.69) is 32.0 Å². The van der Waals surface area contributed by atoms with Gasteiger partial charge in [0.05, 0.1) is 17.1 Å². The van der Waals surface area contributed by atoms with Crippen LogP contribution in [0.3, 0.4) is 0 Å². The van der Waals surface area contributed by atoms with Gasteiger partial charge in [-0.1, -0.05) is 18.9 Å². The Kier molecular flexibility index (Phi) is 8.16. The van der Waals surface area contributed by atoms with Crippen molar-refractivity contribution in [3.8, 4) is 0 Å². The highest BCUT2D eigenvalue weighted by molar-refractivity contribution is 7.09. The number of amides is 2. The molecular formula is C27H38N6O2S. The second kappa shape index (κ2) is 11.7. The SMILES string of the molecule is Cc1ncsc1CN1CCCCCCNC(=O)[C@@H]2C[C@@H](C(=O)N3CCN(c4ccccn4)CC3)C[C@@H]21. The molecule has 1 saturated carbocycles. The second-order valence-electron chi connectivity index (χ2n) is 10.4. The van der Waals surface area contributed by atoms with Crippen molar-refractivity contribution in [1.29, 1.82) is 0 Å². The minimum atomic E-state index is -0.139. The number of hydrogen-bond donors (Lipinski definition) is 1. The zero-order valence-electron chi connectivity index (χ0n) is 21.3. The number of anilines is 1. The topological polar surface area (TPSA) is 81.7 Å². The van der Waals surface area contributed by atoms with Crippen LogP contribution in [0.2, 0.25) is 0 Å². The van der Waals surface area contributed by atoms with Crippen LogP contribution in [0.15, 0.2) is 29.9 Å². The summed E-state index contributed by atoms with van der Waals surface area (Å²) in [6.45, 7) is 7.58. The summed E-state index contributed by atoms with van der Waals surface area (Å²) in [5.41, 5.74) is 2.99. The summed E-state index contributed by atoms with van der Waals surface area (Å²) in [4.78, 5) is 43.9. The molecule has 36 heavy (non-hydrogen) atoms. The van der Waals surface area contributed by atoms with Crippen molar-refractivity contribution in [3.05, 3.63) is 40.5 Å². The monoisotopic (exact) mass is 510 g/mol. The normalized spacial score (nSPS) is 26.2. The Morgan fingerprint density at radius 1 is 1.06 bits per heavy atom. The number of rotatable bonds is 4. The Morgan fingerprint density at radius 3 is 2.64 bits per heavy atom. The first-order valence-corrected chi connectivity index (χ1v) is 14.3. The molecule has 5 rings (SSSR count). The van der Waals surface area contributed by atoms with E-state index in [1.165, 1.54) is 11.3 Å². The fourth-order valence-electron chi connectivity index (χ4n) is 6.02. The van der Waals surface area contributed by atoms with Crippen molar-refractivity contribution in [2.45, 2.75) is 58.0 Å². The smallest absolute Gasteiger partial charge is 0.225 e. The molecule has 0 spiro atoms. The molecule has 194 valence electrons. The standard InChI is InChI=1S/C27H38N6O2S/c1-20-24(36-19-30-20)18-33-11-7-3-2-5-10-29-26(34)22-16-21(17-23(22)33)27(35)32-14-12-31(13-15-32)25-8-4-6-9-28-25/h4,6,8-9,19,21-23H,2-3,5,7,10-18H2,1H3,(H,29,34)/t21-,22-,23+/m1/s1. The van der Waals surface area contributed by atoms with E-state index in [4.69, 9.17) is 0 Å². The first-order chi connectivity index (χ1) is 17.6. The molecule has 4 heterocycles. The van der Waals surface area contributed by atoms with E-state index in [1.807, 2.05) is 34.8 Å². The number of pyridine rings is 1. The van der Waals surface area contributed by atoms with Crippen molar-refractivity contribution in [1.82, 2.24) is 25.1 Å². The Bertz CT molecular complexity index is 1020. The number of piperazine rings is 1. The number of nitrogens with one attached hydrogen (secondary N) is 1. The number of aromatic nitrogens is 2. The lowest BCUT2D eigenvalue weighted by atomic mass is 10.00. The van der Waals surface area contributed by atoms with Crippen LogP contribution in [0.1, 0.15) is 49.1 Å². The number of carbonyl (C=O) groups excluding carboxylic acids is 2. The minimum absolute atomic E-state index is 0.0911. The summed E-state index contributed by atoms with van der Waals surface area (Å²) in [6.07, 6.45) is 7.70. The zero-order chi connectivity index (χ0) is 24.9. The number of thiazole rings is 1. The summed E-state index contributed by atoms with van der Waals surface area (Å²) in [7, 11) is 0. The van der Waals surface area contributed by atoms with Gasteiger partial charge in [-0.05, 0) is 51.3 Å². The third-order valence-corrected chi connectivity index (χ3v) is 9.03. The zero-order valence-corrected chi connectivity index (χ0v) is 22.1. The minimum Gasteiger partial charge on any atom is -0.356 e. The first kappa shape index (κ1) is 25.1. The molecule has 3 fully saturated rings. The number of aryl methyl sites for hydroxylation is 1. The molecule has 3 aliphatic rings. The van der Waals surface area contributed by atoms with Gasteiger partial charge in [0, 0.05) is 62.3 Å². The molecule has 0 aromatic carbocycles. The van der Waals surface area contributed by atoms with Gasteiger partial charge in [0.2, 0.25) is 11.8 Å². The molecule has 2 amide bonds. The van der Waals surface area contributed by atoms with Crippen LogP contribution in [0.25, 0.3) is 0 Å². The fourth-order valence-corrected chi connectivity index (χ4v) is 6.82. The molecule has 0 radical (unpaired) electrons. The largest absolute Gasteiger partial charge is 0.356 e. The predicted octanol–water partition coefficient (Wildman–Crippen LogP) is 3.08. The van der Waals surface area contributed by atoms with Gasteiger partial charge in [-0.2, -0.15) is 0 Å². The van der Waals surface area contributed by atoms with Crippen LogP contribution < -0.4 is 10.2 Å². The van der Waals surface area contributed by atoms with Crippen LogP contribution in [0, 0.1) is 18.8 Å². The van der Waals surface area contributed by atoms with Crippen LogP contribution in [0.5, 0.6) is 0 Å². The molecular weight excluding hydrogens is 472 g/mol. The third kappa shape index (κ3) is 5.72. The van der Waals surface area contributed by atoms with E-state index < -0.39 is 0 Å². The van der Waals surface area contributed by atoms with Gasteiger partial charge in [-0.15, -0.1) is 11.3 Å². The van der Waals surface area contributed by atoms with Crippen molar-refractivity contribution in [3.63, 3.8) is 0 Å². The summed E-state index contributed by atoms with van der Waals surface area (Å²) in [5, 5.41) is 3.19. The quantitative estimate of drug-likeness (QED) is 0.681. The summed E-state index contributed by atoms with van der Waals surface area (Å²) in [6, 6.07) is 6.04. The van der Waals surface area contributed by atoms with E-state index in [1.54, 1.807) is 11.3 Å². The fraction of sp³-hybridized carbons (Fsp3) is 0.630. The van der Waals surface area contributed by atoms with Crippen molar-refractivity contribution in [2.24, 2.45) is 11.8 Å². The Labute approximate surface area is 218 Å². The van der Waals surface area contributed by atoms with Gasteiger partial charge in [-0.3, -0.25) is 14.5 Å². The number of hydrogen-bond acceptors (Lipinski definition) is 7. The first-order valence-electron chi connectivity index (χ1n) is 13.5. The van der Waals surface area contributed by atoms with E-state index in [9.17, 15) is 9.59 Å². The molecule has 2 aromatic heterocycles. The maximum atomic E-state index is 13.7. The van der Waals surface area contributed by atoms with Gasteiger partial charge in [0.15, 0.2) is 0 Å². The molecule has 3 atom stereocenters. The Morgan fingerprint density at radius 2 is 1.89 bits per heavy atom. The van der Waals surface area contributed by atoms with E-state index in [0.29, 0.717) is 19.5 Å². The number of nitrogens with zero attached hydrogens (tertiary/aromatic N) is 5. The lowest BCUT2D eigenvalue weighted by Crippen LogP contribution is -2.50. The average molecular weight is 511 g/mol. The van der Waals surface area contributed by atoms with Crippen LogP contribution in [-0.2, 0) is 16.1 Å². The second-order valence-corrected chi connectivity index (χ2v) is 11.3. The molecule has 0 bridgehead atoms. The summed E-state index contributed by atoms with van der Waals surface area (Å²) < 4.78 is 0. The van der Waals surface area contributed by atoms with E-state index >= 15 is 0 Å². The Balaban J connectivity index is 1.28. The van der Waals surface area contributed by atoms with Gasteiger partial charge in [-0.25, -0.2) is 9.97 Å². The highest BCUT2D eigenvalue weighted by atomic mass is 32.1. The maximum absolute atomic E-state index is 13.7. The predicted molar refractivity (Wildman–Crippen MR) is 142 cm³/mol. The van der Waals surface area contributed by atoms with Crippen molar-refractivity contribution in [2.75, 3.05) is 44.2 Å². The van der Waals surface area contributed by atoms with E-state index in [0.717, 1.165) is 69.9 Å². The van der Waals surface area contributed by atoms with Gasteiger partial charge in [0.25, 0.3) is 0 Å². The molecule has 1 N–H and O–H groups in total. The van der Waals surface area contributed by atoms with Crippen LogP contribution in [-0.4, -0.2) is 76.9 Å². The molecule has 1 aliphatic carbocycles. The lowest BCUT2D eigenvalue weighted by molar-refractivity contribution is -0.135. The molecule has 2 aliphatic heterocycles. The lowest BCUT2D eigenvalue weighted by Gasteiger charge is -2.36. The molecule has 9 heteroatoms. The van der Waals surface area contributed by atoms with Crippen molar-refractivity contribution >= 4 is 29.0 Å². The third-order valence-electron chi connectivity index (χ3n) is 8.11. The van der Waals surface area contributed by atoms with Crippen molar-refractivity contribution < 1.29 is 9.59 Å². The van der Waals surface area contributed by atoms with Crippen LogP contribution in [0.4, 0.5) is 5.82 Å². The maximum Gasteiger partial charge on any atom is 0.225 e.